The molecule has 2 aromatic rings. The van der Waals surface area contributed by atoms with E-state index in [9.17, 15) is 4.79 Å². The van der Waals surface area contributed by atoms with E-state index in [2.05, 4.69) is 13.8 Å². The molecule has 0 aliphatic heterocycles. The number of rotatable bonds is 6. The van der Waals surface area contributed by atoms with E-state index >= 15 is 0 Å². The molecule has 0 bridgehead atoms. The van der Waals surface area contributed by atoms with Crippen LogP contribution in [0.3, 0.4) is 0 Å². The molecule has 0 saturated carbocycles. The van der Waals surface area contributed by atoms with Crippen molar-refractivity contribution in [1.29, 1.82) is 0 Å². The lowest BCUT2D eigenvalue weighted by molar-refractivity contribution is 0.0942. The van der Waals surface area contributed by atoms with Crippen molar-refractivity contribution < 1.29 is 9.21 Å². The normalized spacial score (nSPS) is 11.3. The maximum absolute atomic E-state index is 12.3. The zero-order valence-electron chi connectivity index (χ0n) is 13.2. The molecule has 0 aliphatic rings. The summed E-state index contributed by atoms with van der Waals surface area (Å²) in [5.74, 6) is 1.55. The predicted octanol–water partition coefficient (Wildman–Crippen LogP) is 4.03. The van der Waals surface area contributed by atoms with Gasteiger partial charge in [0.2, 0.25) is 0 Å². The van der Waals surface area contributed by atoms with Gasteiger partial charge in [0.25, 0.3) is 0 Å². The molecule has 3 nitrogen and oxygen atoms in total. The van der Waals surface area contributed by atoms with Gasteiger partial charge >= 0.3 is 0 Å². The fourth-order valence-corrected chi connectivity index (χ4v) is 2.31. The monoisotopic (exact) mass is 285 g/mol. The maximum atomic E-state index is 12.3. The highest BCUT2D eigenvalue weighted by molar-refractivity contribution is 5.97. The first-order valence-electron chi connectivity index (χ1n) is 7.32. The van der Waals surface area contributed by atoms with E-state index in [1.165, 1.54) is 5.56 Å². The number of carbonyl (C=O) groups excluding carboxylic acids is 1. The molecule has 0 N–H and O–H groups in total. The molecule has 112 valence electrons. The molecule has 1 aromatic carbocycles. The lowest BCUT2D eigenvalue weighted by Crippen LogP contribution is -2.25. The molecule has 0 atom stereocenters. The Morgan fingerprint density at radius 3 is 2.38 bits per heavy atom. The van der Waals surface area contributed by atoms with E-state index in [1.54, 1.807) is 6.26 Å². The van der Waals surface area contributed by atoms with Gasteiger partial charge in [0.05, 0.1) is 12.8 Å². The number of hydrogen-bond donors (Lipinski definition) is 0. The molecule has 0 amide bonds. The summed E-state index contributed by atoms with van der Waals surface area (Å²) in [7, 11) is 1.95. The number of Topliss-reactive ketones (excluding diaryl/α,β-unsaturated/α-hetero) is 1. The molecule has 0 radical (unpaired) electrons. The number of ketones is 1. The van der Waals surface area contributed by atoms with Gasteiger partial charge in [-0.05, 0) is 31.5 Å². The summed E-state index contributed by atoms with van der Waals surface area (Å²) in [6, 6.07) is 9.88. The number of hydrogen-bond acceptors (Lipinski definition) is 3. The van der Waals surface area contributed by atoms with Gasteiger partial charge in [-0.25, -0.2) is 0 Å². The third-order valence-electron chi connectivity index (χ3n) is 3.72. The Labute approximate surface area is 126 Å². The average Bonchev–Trinajstić information content (AvgIpc) is 2.84. The van der Waals surface area contributed by atoms with Gasteiger partial charge in [0, 0.05) is 17.7 Å². The molecular formula is C18H23NO2. The number of furan rings is 1. The molecule has 3 heteroatoms. The van der Waals surface area contributed by atoms with E-state index in [4.69, 9.17) is 4.42 Å². The van der Waals surface area contributed by atoms with Crippen molar-refractivity contribution in [2.75, 3.05) is 13.6 Å². The first kappa shape index (κ1) is 15.5. The van der Waals surface area contributed by atoms with E-state index in [-0.39, 0.29) is 5.78 Å². The number of benzene rings is 1. The molecular weight excluding hydrogens is 262 g/mol. The first-order chi connectivity index (χ1) is 9.97. The van der Waals surface area contributed by atoms with Crippen LogP contribution in [-0.4, -0.2) is 24.3 Å². The van der Waals surface area contributed by atoms with Gasteiger partial charge in [0.15, 0.2) is 5.78 Å². The Bertz CT molecular complexity index is 596. The Kier molecular flexibility index (Phi) is 4.97. The average molecular weight is 285 g/mol. The van der Waals surface area contributed by atoms with Crippen LogP contribution in [0.15, 0.2) is 41.0 Å². The van der Waals surface area contributed by atoms with Gasteiger partial charge in [0.1, 0.15) is 5.76 Å². The second-order valence-corrected chi connectivity index (χ2v) is 5.87. The van der Waals surface area contributed by atoms with Crippen LogP contribution in [0.25, 0.3) is 0 Å². The van der Waals surface area contributed by atoms with Crippen molar-refractivity contribution in [2.24, 2.45) is 0 Å². The van der Waals surface area contributed by atoms with Crippen molar-refractivity contribution >= 4 is 5.78 Å². The van der Waals surface area contributed by atoms with Crippen molar-refractivity contribution in [3.63, 3.8) is 0 Å². The summed E-state index contributed by atoms with van der Waals surface area (Å²) in [6.45, 7) is 7.37. The highest BCUT2D eigenvalue weighted by Crippen LogP contribution is 2.16. The van der Waals surface area contributed by atoms with Crippen LogP contribution < -0.4 is 0 Å². The Morgan fingerprint density at radius 1 is 1.19 bits per heavy atom. The summed E-state index contributed by atoms with van der Waals surface area (Å²) in [4.78, 5) is 14.3. The SMILES string of the molecule is Cc1occc1CN(C)CC(=O)c1ccc(C(C)C)cc1. The van der Waals surface area contributed by atoms with E-state index < -0.39 is 0 Å². The van der Waals surface area contributed by atoms with Crippen LogP contribution in [0.2, 0.25) is 0 Å². The topological polar surface area (TPSA) is 33.5 Å². The maximum Gasteiger partial charge on any atom is 0.176 e. The second-order valence-electron chi connectivity index (χ2n) is 5.87. The lowest BCUT2D eigenvalue weighted by Gasteiger charge is -2.15. The summed E-state index contributed by atoms with van der Waals surface area (Å²) in [5, 5.41) is 0. The zero-order chi connectivity index (χ0) is 15.4. The van der Waals surface area contributed by atoms with Crippen LogP contribution in [0.1, 0.15) is 47.0 Å². The first-order valence-corrected chi connectivity index (χ1v) is 7.32. The van der Waals surface area contributed by atoms with Gasteiger partial charge in [-0.15, -0.1) is 0 Å². The van der Waals surface area contributed by atoms with Gasteiger partial charge < -0.3 is 4.42 Å². The number of carbonyl (C=O) groups is 1. The fraction of sp³-hybridized carbons (Fsp3) is 0.389. The Morgan fingerprint density at radius 2 is 1.86 bits per heavy atom. The third kappa shape index (κ3) is 4.05. The van der Waals surface area contributed by atoms with Gasteiger partial charge in [-0.3, -0.25) is 9.69 Å². The van der Waals surface area contributed by atoms with Crippen molar-refractivity contribution in [3.05, 3.63) is 59.0 Å². The fourth-order valence-electron chi connectivity index (χ4n) is 2.31. The molecule has 0 fully saturated rings. The lowest BCUT2D eigenvalue weighted by atomic mass is 10.0. The number of likely N-dealkylation sites (N-methyl/N-ethyl adjacent to an activating group) is 1. The van der Waals surface area contributed by atoms with E-state index in [0.717, 1.165) is 23.4 Å². The largest absolute Gasteiger partial charge is 0.469 e. The summed E-state index contributed by atoms with van der Waals surface area (Å²) in [5.41, 5.74) is 3.16. The number of nitrogens with zero attached hydrogens (tertiary/aromatic N) is 1. The van der Waals surface area contributed by atoms with Crippen LogP contribution in [0.4, 0.5) is 0 Å². The Balaban J connectivity index is 1.96. The molecule has 0 unspecified atom stereocenters. The van der Waals surface area contributed by atoms with Crippen LogP contribution >= 0.6 is 0 Å². The number of aryl methyl sites for hydroxylation is 1. The summed E-state index contributed by atoms with van der Waals surface area (Å²) < 4.78 is 5.28. The highest BCUT2D eigenvalue weighted by Gasteiger charge is 2.12. The van der Waals surface area contributed by atoms with Crippen LogP contribution in [0, 0.1) is 6.92 Å². The Hall–Kier alpha value is -1.87. The van der Waals surface area contributed by atoms with Crippen LogP contribution in [0.5, 0.6) is 0 Å². The van der Waals surface area contributed by atoms with Crippen LogP contribution in [-0.2, 0) is 6.54 Å². The van der Waals surface area contributed by atoms with Gasteiger partial charge in [-0.2, -0.15) is 0 Å². The predicted molar refractivity (Wildman–Crippen MR) is 84.6 cm³/mol. The van der Waals surface area contributed by atoms with Gasteiger partial charge in [-0.1, -0.05) is 38.1 Å². The van der Waals surface area contributed by atoms with E-state index in [0.29, 0.717) is 12.5 Å². The minimum atomic E-state index is 0.147. The standard InChI is InChI=1S/C18H23NO2/c1-13(2)15-5-7-16(8-6-15)18(20)12-19(4)11-17-9-10-21-14(17)3/h5-10,13H,11-12H2,1-4H3. The summed E-state index contributed by atoms with van der Waals surface area (Å²) >= 11 is 0. The highest BCUT2D eigenvalue weighted by atomic mass is 16.3. The molecule has 1 heterocycles. The van der Waals surface area contributed by atoms with Crippen molar-refractivity contribution in [2.45, 2.75) is 33.2 Å². The molecule has 0 aliphatic carbocycles. The second kappa shape index (κ2) is 6.72. The zero-order valence-corrected chi connectivity index (χ0v) is 13.2. The third-order valence-corrected chi connectivity index (χ3v) is 3.72. The molecule has 1 aromatic heterocycles. The molecule has 21 heavy (non-hydrogen) atoms. The summed E-state index contributed by atoms with van der Waals surface area (Å²) in [6.07, 6.45) is 1.69. The molecule has 0 spiro atoms. The minimum Gasteiger partial charge on any atom is -0.469 e. The quantitative estimate of drug-likeness (QED) is 0.751. The molecule has 0 saturated heterocycles. The van der Waals surface area contributed by atoms with E-state index in [1.807, 2.05) is 49.2 Å². The van der Waals surface area contributed by atoms with Crippen molar-refractivity contribution in [1.82, 2.24) is 4.90 Å². The smallest absolute Gasteiger partial charge is 0.176 e. The molecule has 2 rings (SSSR count). The van der Waals surface area contributed by atoms with Crippen molar-refractivity contribution in [3.8, 4) is 0 Å². The minimum absolute atomic E-state index is 0.147.